The molecule has 0 bridgehead atoms. The molecule has 2 aromatic rings. The van der Waals surface area contributed by atoms with Gasteiger partial charge in [-0.3, -0.25) is 14.5 Å². The van der Waals surface area contributed by atoms with Crippen molar-refractivity contribution in [3.8, 4) is 5.75 Å². The molecule has 1 aromatic heterocycles. The first-order valence-corrected chi connectivity index (χ1v) is 14.9. The lowest BCUT2D eigenvalue weighted by Crippen LogP contribution is -2.59. The number of benzene rings is 1. The third-order valence-electron chi connectivity index (χ3n) is 8.65. The molecule has 2 amide bonds. The Morgan fingerprint density at radius 2 is 1.88 bits per heavy atom. The van der Waals surface area contributed by atoms with E-state index in [1.807, 2.05) is 25.1 Å². The van der Waals surface area contributed by atoms with E-state index in [1.165, 1.54) is 0 Å². The van der Waals surface area contributed by atoms with Crippen LogP contribution in [0.15, 0.2) is 18.2 Å². The zero-order chi connectivity index (χ0) is 28.5. The predicted molar refractivity (Wildman–Crippen MR) is 156 cm³/mol. The number of ketones is 1. The normalized spacial score (nSPS) is 18.0. The summed E-state index contributed by atoms with van der Waals surface area (Å²) in [5.74, 6) is 0.603. The Kier molecular flexibility index (Phi) is 10.6. The SMILES string of the molecule is COc1ccc2[nH]c(C)c(CC(=O)N[C@@H](CCCCCC(C)=O)C(=O)NCC3(N4CCOCC4)CCCC3)c2c1. The van der Waals surface area contributed by atoms with Gasteiger partial charge in [-0.05, 0) is 63.3 Å². The van der Waals surface area contributed by atoms with Crippen LogP contribution in [0.25, 0.3) is 10.9 Å². The Labute approximate surface area is 237 Å². The predicted octanol–water partition coefficient (Wildman–Crippen LogP) is 3.81. The second-order valence-electron chi connectivity index (χ2n) is 11.5. The van der Waals surface area contributed by atoms with Crippen molar-refractivity contribution >= 4 is 28.5 Å². The molecule has 4 rings (SSSR count). The Morgan fingerprint density at radius 3 is 2.58 bits per heavy atom. The van der Waals surface area contributed by atoms with Crippen LogP contribution in [-0.2, 0) is 25.5 Å². The monoisotopic (exact) mass is 554 g/mol. The number of ether oxygens (including phenoxy) is 2. The minimum absolute atomic E-state index is 0.0321. The maximum Gasteiger partial charge on any atom is 0.242 e. The number of fused-ring (bicyclic) bond motifs is 1. The first-order valence-electron chi connectivity index (χ1n) is 14.9. The van der Waals surface area contributed by atoms with E-state index < -0.39 is 6.04 Å². The third-order valence-corrected chi connectivity index (χ3v) is 8.65. The molecule has 40 heavy (non-hydrogen) atoms. The van der Waals surface area contributed by atoms with Crippen LogP contribution < -0.4 is 15.4 Å². The number of hydrogen-bond acceptors (Lipinski definition) is 6. The molecule has 3 N–H and O–H groups in total. The molecule has 9 nitrogen and oxygen atoms in total. The number of hydrogen-bond donors (Lipinski definition) is 3. The number of unbranched alkanes of at least 4 members (excludes halogenated alkanes) is 2. The van der Waals surface area contributed by atoms with Crippen LogP contribution in [0.4, 0.5) is 0 Å². The molecule has 1 aromatic carbocycles. The van der Waals surface area contributed by atoms with Gasteiger partial charge in [0.05, 0.1) is 26.7 Å². The van der Waals surface area contributed by atoms with Crippen molar-refractivity contribution in [3.05, 3.63) is 29.5 Å². The highest BCUT2D eigenvalue weighted by molar-refractivity contribution is 5.93. The Bertz CT molecular complexity index is 1160. The number of amides is 2. The Hall–Kier alpha value is -2.91. The van der Waals surface area contributed by atoms with Crippen molar-refractivity contribution in [1.82, 2.24) is 20.5 Å². The molecule has 2 fully saturated rings. The lowest BCUT2D eigenvalue weighted by Gasteiger charge is -2.43. The topological polar surface area (TPSA) is 113 Å². The fraction of sp³-hybridized carbons (Fsp3) is 0.645. The number of aryl methyl sites for hydroxylation is 1. The fourth-order valence-electron chi connectivity index (χ4n) is 6.34. The Balaban J connectivity index is 1.42. The first kappa shape index (κ1) is 30.1. The molecule has 9 heteroatoms. The molecule has 220 valence electrons. The summed E-state index contributed by atoms with van der Waals surface area (Å²) in [4.78, 5) is 44.0. The Morgan fingerprint density at radius 1 is 1.12 bits per heavy atom. The van der Waals surface area contributed by atoms with Crippen LogP contribution in [-0.4, -0.2) is 79.0 Å². The van der Waals surface area contributed by atoms with E-state index in [2.05, 4.69) is 20.5 Å². The van der Waals surface area contributed by atoms with Crippen LogP contribution in [0.5, 0.6) is 5.75 Å². The van der Waals surface area contributed by atoms with Gasteiger partial charge in [-0.15, -0.1) is 0 Å². The highest BCUT2D eigenvalue weighted by Crippen LogP contribution is 2.35. The summed E-state index contributed by atoms with van der Waals surface area (Å²) in [5.41, 5.74) is 2.75. The van der Waals surface area contributed by atoms with Gasteiger partial charge in [-0.1, -0.05) is 25.7 Å². The van der Waals surface area contributed by atoms with Gasteiger partial charge >= 0.3 is 0 Å². The molecule has 1 atom stereocenters. The number of aromatic amines is 1. The third kappa shape index (κ3) is 7.63. The summed E-state index contributed by atoms with van der Waals surface area (Å²) in [6.07, 6.45) is 8.14. The van der Waals surface area contributed by atoms with Crippen LogP contribution in [0, 0.1) is 6.92 Å². The van der Waals surface area contributed by atoms with E-state index in [-0.39, 0.29) is 29.6 Å². The van der Waals surface area contributed by atoms with Gasteiger partial charge in [0.25, 0.3) is 0 Å². The van der Waals surface area contributed by atoms with Crippen molar-refractivity contribution in [2.45, 2.75) is 89.6 Å². The summed E-state index contributed by atoms with van der Waals surface area (Å²) in [5, 5.41) is 7.23. The second-order valence-corrected chi connectivity index (χ2v) is 11.5. The second kappa shape index (κ2) is 14.1. The van der Waals surface area contributed by atoms with Gasteiger partial charge in [0.1, 0.15) is 17.6 Å². The number of nitrogens with one attached hydrogen (secondary N) is 3. The standard InChI is InChI=1S/C31H46N4O5/c1-22(36)9-5-4-6-10-28(30(38)32-21-31(13-7-8-14-31)35-15-17-40-18-16-35)34-29(37)20-25-23(2)33-27-12-11-24(39-3)19-26(25)27/h11-12,19,28,33H,4-10,13-18,20-21H2,1-3H3,(H,32,38)(H,34,37)/t28-/m0/s1. The van der Waals surface area contributed by atoms with E-state index in [0.717, 1.165) is 99.2 Å². The number of rotatable bonds is 14. The van der Waals surface area contributed by atoms with Crippen molar-refractivity contribution in [1.29, 1.82) is 0 Å². The van der Waals surface area contributed by atoms with Gasteiger partial charge in [-0.25, -0.2) is 0 Å². The fourth-order valence-corrected chi connectivity index (χ4v) is 6.34. The molecule has 0 unspecified atom stereocenters. The van der Waals surface area contributed by atoms with Crippen LogP contribution >= 0.6 is 0 Å². The molecule has 0 radical (unpaired) electrons. The average Bonchev–Trinajstić information content (AvgIpc) is 3.56. The summed E-state index contributed by atoms with van der Waals surface area (Å²) < 4.78 is 11.0. The van der Waals surface area contributed by atoms with Gasteiger partial charge < -0.3 is 29.9 Å². The minimum Gasteiger partial charge on any atom is -0.497 e. The maximum absolute atomic E-state index is 13.6. The molecule has 1 saturated heterocycles. The highest BCUT2D eigenvalue weighted by Gasteiger charge is 2.40. The molecule has 1 saturated carbocycles. The number of nitrogens with zero attached hydrogens (tertiary/aromatic N) is 1. The number of carbonyl (C=O) groups excluding carboxylic acids is 3. The quantitative estimate of drug-likeness (QED) is 0.306. The molecule has 0 spiro atoms. The van der Waals surface area contributed by atoms with Crippen molar-refractivity contribution in [3.63, 3.8) is 0 Å². The van der Waals surface area contributed by atoms with E-state index in [4.69, 9.17) is 9.47 Å². The molecule has 2 heterocycles. The number of Topliss-reactive ketones (excluding diaryl/α,β-unsaturated/α-hetero) is 1. The van der Waals surface area contributed by atoms with Gasteiger partial charge in [0.15, 0.2) is 0 Å². The lowest BCUT2D eigenvalue weighted by atomic mass is 9.94. The number of H-pyrrole nitrogens is 1. The van der Waals surface area contributed by atoms with Gasteiger partial charge in [-0.2, -0.15) is 0 Å². The van der Waals surface area contributed by atoms with E-state index >= 15 is 0 Å². The summed E-state index contributed by atoms with van der Waals surface area (Å²) in [7, 11) is 1.63. The smallest absolute Gasteiger partial charge is 0.242 e. The molecular weight excluding hydrogens is 508 g/mol. The number of aromatic nitrogens is 1. The maximum atomic E-state index is 13.6. The van der Waals surface area contributed by atoms with E-state index in [1.54, 1.807) is 14.0 Å². The van der Waals surface area contributed by atoms with Crippen LogP contribution in [0.3, 0.4) is 0 Å². The minimum atomic E-state index is -0.618. The molecule has 1 aliphatic carbocycles. The first-order chi connectivity index (χ1) is 19.3. The highest BCUT2D eigenvalue weighted by atomic mass is 16.5. The van der Waals surface area contributed by atoms with Gasteiger partial charge in [0, 0.05) is 48.2 Å². The average molecular weight is 555 g/mol. The summed E-state index contributed by atoms with van der Waals surface area (Å²) in [6.45, 7) is 7.39. The summed E-state index contributed by atoms with van der Waals surface area (Å²) in [6, 6.07) is 5.16. The van der Waals surface area contributed by atoms with Crippen molar-refractivity contribution in [2.75, 3.05) is 40.0 Å². The largest absolute Gasteiger partial charge is 0.497 e. The zero-order valence-electron chi connectivity index (χ0n) is 24.4. The number of morpholine rings is 1. The molecular formula is C31H46N4O5. The number of methoxy groups -OCH3 is 1. The zero-order valence-corrected chi connectivity index (χ0v) is 24.4. The van der Waals surface area contributed by atoms with Crippen LogP contribution in [0.2, 0.25) is 0 Å². The number of carbonyl (C=O) groups is 3. The lowest BCUT2D eigenvalue weighted by molar-refractivity contribution is -0.129. The van der Waals surface area contributed by atoms with E-state index in [9.17, 15) is 14.4 Å². The molecule has 1 aliphatic heterocycles. The van der Waals surface area contributed by atoms with Crippen LogP contribution in [0.1, 0.15) is 76.0 Å². The molecule has 2 aliphatic rings. The van der Waals surface area contributed by atoms with Crippen molar-refractivity contribution in [2.24, 2.45) is 0 Å². The van der Waals surface area contributed by atoms with E-state index in [0.29, 0.717) is 19.4 Å². The summed E-state index contributed by atoms with van der Waals surface area (Å²) >= 11 is 0. The van der Waals surface area contributed by atoms with Gasteiger partial charge in [0.2, 0.25) is 11.8 Å². The van der Waals surface area contributed by atoms with Crippen molar-refractivity contribution < 1.29 is 23.9 Å².